The van der Waals surface area contributed by atoms with Gasteiger partial charge in [-0.2, -0.15) is 0 Å². The lowest BCUT2D eigenvalue weighted by Gasteiger charge is -2.27. The highest BCUT2D eigenvalue weighted by atomic mass is 16.5. The molecule has 1 aromatic carbocycles. The van der Waals surface area contributed by atoms with Gasteiger partial charge in [-0.3, -0.25) is 9.59 Å². The summed E-state index contributed by atoms with van der Waals surface area (Å²) in [5.41, 5.74) is 1.01. The van der Waals surface area contributed by atoms with Gasteiger partial charge in [-0.1, -0.05) is 69.4 Å². The molecule has 0 N–H and O–H groups in total. The first-order valence-corrected chi connectivity index (χ1v) is 11.2. The van der Waals surface area contributed by atoms with Gasteiger partial charge in [-0.15, -0.1) is 0 Å². The molecule has 2 fully saturated rings. The summed E-state index contributed by atoms with van der Waals surface area (Å²) in [6.45, 7) is 2.68. The first kappa shape index (κ1) is 21.5. The van der Waals surface area contributed by atoms with Gasteiger partial charge < -0.3 is 9.64 Å². The Hall–Kier alpha value is -2.17. The Morgan fingerprint density at radius 2 is 1.76 bits per heavy atom. The van der Waals surface area contributed by atoms with Crippen molar-refractivity contribution in [2.24, 2.45) is 5.92 Å². The second-order valence-corrected chi connectivity index (χ2v) is 8.38. The van der Waals surface area contributed by atoms with Crippen molar-refractivity contribution >= 4 is 17.7 Å². The van der Waals surface area contributed by atoms with Gasteiger partial charge in [-0.05, 0) is 30.7 Å². The van der Waals surface area contributed by atoms with Crippen molar-refractivity contribution < 1.29 is 19.1 Å². The van der Waals surface area contributed by atoms with Crippen LogP contribution < -0.4 is 0 Å². The van der Waals surface area contributed by atoms with Crippen LogP contribution in [0.1, 0.15) is 76.2 Å². The molecule has 1 amide bonds. The van der Waals surface area contributed by atoms with Crippen molar-refractivity contribution in [1.29, 1.82) is 0 Å². The lowest BCUT2D eigenvalue weighted by Crippen LogP contribution is -2.46. The number of nitrogens with zero attached hydrogens (tertiary/aromatic N) is 1. The number of carbonyl (C=O) groups excluding carboxylic acids is 3. The Kier molecular flexibility index (Phi) is 7.84. The van der Waals surface area contributed by atoms with Gasteiger partial charge in [0.2, 0.25) is 5.78 Å². The zero-order chi connectivity index (χ0) is 20.6. The number of Topliss-reactive ketones (excluding diaryl/α,β-unsaturated/α-hetero) is 1. The molecule has 5 nitrogen and oxygen atoms in total. The van der Waals surface area contributed by atoms with Crippen molar-refractivity contribution in [2.45, 2.75) is 76.7 Å². The summed E-state index contributed by atoms with van der Waals surface area (Å²) in [5.74, 6) is -0.848. The standard InChI is InChI=1S/C24H33NO4/c1-2-17-29-24(28)22-20(19-11-7-4-8-12-19)15-16-25(22)23(27)21(26)14-13-18-9-5-3-6-10-18/h4,7-8,11-12,18,20,22H,2-3,5-6,9-10,13-17H2,1H3/t20?,22-/m0/s1. The van der Waals surface area contributed by atoms with Crippen LogP contribution >= 0.6 is 0 Å². The van der Waals surface area contributed by atoms with E-state index in [1.54, 1.807) is 0 Å². The topological polar surface area (TPSA) is 63.7 Å². The first-order chi connectivity index (χ1) is 14.1. The fourth-order valence-electron chi connectivity index (χ4n) is 4.73. The first-order valence-electron chi connectivity index (χ1n) is 11.2. The van der Waals surface area contributed by atoms with E-state index in [4.69, 9.17) is 4.74 Å². The predicted octanol–water partition coefficient (Wildman–Crippen LogP) is 4.25. The van der Waals surface area contributed by atoms with Gasteiger partial charge in [-0.25, -0.2) is 4.79 Å². The van der Waals surface area contributed by atoms with Gasteiger partial charge in [0, 0.05) is 18.9 Å². The average Bonchev–Trinajstić information content (AvgIpc) is 3.21. The lowest BCUT2D eigenvalue weighted by molar-refractivity contribution is -0.156. The van der Waals surface area contributed by atoms with Gasteiger partial charge in [0.15, 0.2) is 0 Å². The van der Waals surface area contributed by atoms with E-state index in [0.717, 1.165) is 31.2 Å². The van der Waals surface area contributed by atoms with E-state index < -0.39 is 17.9 Å². The van der Waals surface area contributed by atoms with Crippen LogP contribution in [0.3, 0.4) is 0 Å². The number of hydrogen-bond acceptors (Lipinski definition) is 4. The minimum Gasteiger partial charge on any atom is -0.464 e. The highest BCUT2D eigenvalue weighted by Crippen LogP contribution is 2.35. The van der Waals surface area contributed by atoms with Crippen LogP contribution in [-0.4, -0.2) is 41.8 Å². The van der Waals surface area contributed by atoms with Crippen LogP contribution in [0.5, 0.6) is 0 Å². The molecule has 1 aliphatic carbocycles. The molecular weight excluding hydrogens is 366 g/mol. The molecule has 2 aliphatic rings. The van der Waals surface area contributed by atoms with Crippen molar-refractivity contribution in [3.63, 3.8) is 0 Å². The Morgan fingerprint density at radius 1 is 1.03 bits per heavy atom. The lowest BCUT2D eigenvalue weighted by atomic mass is 9.85. The van der Waals surface area contributed by atoms with Crippen LogP contribution in [-0.2, 0) is 19.1 Å². The SMILES string of the molecule is CCCOC(=O)[C@@H]1C(c2ccccc2)CCN1C(=O)C(=O)CCC1CCCCC1. The molecule has 5 heteroatoms. The van der Waals surface area contributed by atoms with E-state index in [9.17, 15) is 14.4 Å². The van der Waals surface area contributed by atoms with E-state index in [-0.39, 0.29) is 18.1 Å². The minimum absolute atomic E-state index is 0.129. The van der Waals surface area contributed by atoms with E-state index in [2.05, 4.69) is 0 Å². The van der Waals surface area contributed by atoms with Crippen LogP contribution in [0.15, 0.2) is 30.3 Å². The molecule has 1 unspecified atom stereocenters. The zero-order valence-electron chi connectivity index (χ0n) is 17.5. The quantitative estimate of drug-likeness (QED) is 0.484. The maximum absolute atomic E-state index is 13.0. The third-order valence-electron chi connectivity index (χ3n) is 6.32. The third-order valence-corrected chi connectivity index (χ3v) is 6.32. The molecule has 1 aliphatic heterocycles. The molecule has 1 saturated carbocycles. The van der Waals surface area contributed by atoms with E-state index in [0.29, 0.717) is 25.5 Å². The molecule has 3 rings (SSSR count). The number of hydrogen-bond donors (Lipinski definition) is 0. The summed E-state index contributed by atoms with van der Waals surface area (Å²) >= 11 is 0. The summed E-state index contributed by atoms with van der Waals surface area (Å²) in [5, 5.41) is 0. The minimum atomic E-state index is -0.713. The number of rotatable bonds is 8. The summed E-state index contributed by atoms with van der Waals surface area (Å²) in [6.07, 6.45) is 8.50. The van der Waals surface area contributed by atoms with E-state index in [1.165, 1.54) is 24.2 Å². The Labute approximate surface area is 173 Å². The highest BCUT2D eigenvalue weighted by Gasteiger charge is 2.44. The second-order valence-electron chi connectivity index (χ2n) is 8.38. The molecule has 1 aromatic rings. The number of ketones is 1. The number of benzene rings is 1. The maximum atomic E-state index is 13.0. The summed E-state index contributed by atoms with van der Waals surface area (Å²) < 4.78 is 5.40. The van der Waals surface area contributed by atoms with Crippen LogP contribution in [0.25, 0.3) is 0 Å². The Bertz CT molecular complexity index is 696. The molecule has 0 radical (unpaired) electrons. The van der Waals surface area contributed by atoms with Gasteiger partial charge >= 0.3 is 5.97 Å². The predicted molar refractivity (Wildman–Crippen MR) is 111 cm³/mol. The highest BCUT2D eigenvalue weighted by molar-refractivity contribution is 6.36. The van der Waals surface area contributed by atoms with Gasteiger partial charge in [0.05, 0.1) is 6.61 Å². The number of carbonyl (C=O) groups is 3. The molecule has 0 aromatic heterocycles. The molecule has 2 atom stereocenters. The monoisotopic (exact) mass is 399 g/mol. The number of amides is 1. The summed E-state index contributed by atoms with van der Waals surface area (Å²) in [7, 11) is 0. The van der Waals surface area contributed by atoms with Gasteiger partial charge in [0.25, 0.3) is 5.91 Å². The normalized spacial score (nSPS) is 22.4. The van der Waals surface area contributed by atoms with Crippen LogP contribution in [0, 0.1) is 5.92 Å². The molecule has 1 saturated heterocycles. The van der Waals surface area contributed by atoms with E-state index in [1.807, 2.05) is 37.3 Å². The molecule has 1 heterocycles. The van der Waals surface area contributed by atoms with Gasteiger partial charge in [0.1, 0.15) is 6.04 Å². The molecular formula is C24H33NO4. The fraction of sp³-hybridized carbons (Fsp3) is 0.625. The maximum Gasteiger partial charge on any atom is 0.329 e. The number of esters is 1. The molecule has 0 spiro atoms. The smallest absolute Gasteiger partial charge is 0.329 e. The third kappa shape index (κ3) is 5.46. The molecule has 29 heavy (non-hydrogen) atoms. The van der Waals surface area contributed by atoms with E-state index >= 15 is 0 Å². The number of likely N-dealkylation sites (tertiary alicyclic amines) is 1. The largest absolute Gasteiger partial charge is 0.464 e. The van der Waals surface area contributed by atoms with Crippen molar-refractivity contribution in [3.8, 4) is 0 Å². The summed E-state index contributed by atoms with van der Waals surface area (Å²) in [6, 6.07) is 9.04. The zero-order valence-corrected chi connectivity index (χ0v) is 17.5. The fourth-order valence-corrected chi connectivity index (χ4v) is 4.73. The van der Waals surface area contributed by atoms with Crippen molar-refractivity contribution in [3.05, 3.63) is 35.9 Å². The van der Waals surface area contributed by atoms with Crippen LogP contribution in [0.4, 0.5) is 0 Å². The number of ether oxygens (including phenoxy) is 1. The van der Waals surface area contributed by atoms with Crippen molar-refractivity contribution in [1.82, 2.24) is 4.90 Å². The Balaban J connectivity index is 1.68. The molecule has 158 valence electrons. The second kappa shape index (κ2) is 10.6. The van der Waals surface area contributed by atoms with Crippen molar-refractivity contribution in [2.75, 3.05) is 13.2 Å². The molecule has 0 bridgehead atoms. The Morgan fingerprint density at radius 3 is 2.45 bits per heavy atom. The van der Waals surface area contributed by atoms with Crippen LogP contribution in [0.2, 0.25) is 0 Å². The summed E-state index contributed by atoms with van der Waals surface area (Å²) in [4.78, 5) is 39.9. The average molecular weight is 400 g/mol.